The van der Waals surface area contributed by atoms with Gasteiger partial charge in [0.2, 0.25) is 10.9 Å². The number of hydrogen-bond donors (Lipinski definition) is 1. The van der Waals surface area contributed by atoms with Gasteiger partial charge in [-0.3, -0.25) is 25.0 Å². The molecule has 0 radical (unpaired) electrons. The summed E-state index contributed by atoms with van der Waals surface area (Å²) in [6.07, 6.45) is 0.0996. The standard InChI is InChI=1S/C12H10N4O4S/c1-2-9(17)10(18)13-12-15-14-11(21-12)7-4-3-5-8(6-7)16(19)20/h3-6H,2H2,1H3,(H,13,15,18). The molecule has 108 valence electrons. The Kier molecular flexibility index (Phi) is 4.33. The molecule has 1 aromatic heterocycles. The van der Waals surface area contributed by atoms with Gasteiger partial charge in [0.05, 0.1) is 4.92 Å². The van der Waals surface area contributed by atoms with Gasteiger partial charge in [-0.2, -0.15) is 0 Å². The van der Waals surface area contributed by atoms with Crippen LogP contribution in [-0.4, -0.2) is 26.8 Å². The minimum atomic E-state index is -0.751. The molecule has 1 amide bonds. The van der Waals surface area contributed by atoms with Crippen molar-refractivity contribution in [2.75, 3.05) is 5.32 Å². The number of rotatable bonds is 5. The van der Waals surface area contributed by atoms with Crippen LogP contribution < -0.4 is 5.32 Å². The zero-order chi connectivity index (χ0) is 15.4. The molecule has 0 spiro atoms. The van der Waals surface area contributed by atoms with E-state index in [2.05, 4.69) is 15.5 Å². The molecular weight excluding hydrogens is 296 g/mol. The van der Waals surface area contributed by atoms with Crippen LogP contribution in [0.2, 0.25) is 0 Å². The lowest BCUT2D eigenvalue weighted by molar-refractivity contribution is -0.384. The van der Waals surface area contributed by atoms with Crippen LogP contribution in [0.15, 0.2) is 24.3 Å². The molecule has 0 aliphatic carbocycles. The van der Waals surface area contributed by atoms with Crippen LogP contribution in [0.5, 0.6) is 0 Å². The first-order valence-electron chi connectivity index (χ1n) is 5.93. The van der Waals surface area contributed by atoms with Gasteiger partial charge in [-0.25, -0.2) is 0 Å². The maximum absolute atomic E-state index is 11.4. The molecule has 0 saturated heterocycles. The van der Waals surface area contributed by atoms with Crippen molar-refractivity contribution in [1.29, 1.82) is 0 Å². The lowest BCUT2D eigenvalue weighted by Gasteiger charge is -1.97. The van der Waals surface area contributed by atoms with Gasteiger partial charge in [-0.05, 0) is 0 Å². The van der Waals surface area contributed by atoms with E-state index in [0.717, 1.165) is 11.3 Å². The number of benzene rings is 1. The number of nitrogens with one attached hydrogen (secondary N) is 1. The third-order valence-electron chi connectivity index (χ3n) is 2.52. The molecule has 0 fully saturated rings. The van der Waals surface area contributed by atoms with E-state index in [1.54, 1.807) is 13.0 Å². The first-order valence-corrected chi connectivity index (χ1v) is 6.75. The predicted molar refractivity (Wildman–Crippen MR) is 75.9 cm³/mol. The molecular formula is C12H10N4O4S. The number of nitrogens with zero attached hydrogens (tertiary/aromatic N) is 3. The number of non-ortho nitro benzene ring substituents is 1. The Balaban J connectivity index is 2.20. The van der Waals surface area contributed by atoms with Crippen LogP contribution in [0.3, 0.4) is 0 Å². The first-order chi connectivity index (χ1) is 10.0. The van der Waals surface area contributed by atoms with Gasteiger partial charge >= 0.3 is 0 Å². The number of carbonyl (C=O) groups excluding carboxylic acids is 2. The van der Waals surface area contributed by atoms with Gasteiger partial charge in [0, 0.05) is 24.1 Å². The summed E-state index contributed by atoms with van der Waals surface area (Å²) < 4.78 is 0. The smallest absolute Gasteiger partial charge is 0.293 e. The maximum Gasteiger partial charge on any atom is 0.293 e. The second-order valence-electron chi connectivity index (χ2n) is 3.95. The van der Waals surface area contributed by atoms with Crippen molar-refractivity contribution in [3.63, 3.8) is 0 Å². The zero-order valence-corrected chi connectivity index (χ0v) is 11.7. The fourth-order valence-corrected chi connectivity index (χ4v) is 2.21. The summed E-state index contributed by atoms with van der Waals surface area (Å²) in [5.74, 6) is -1.30. The van der Waals surface area contributed by atoms with Crippen molar-refractivity contribution in [2.45, 2.75) is 13.3 Å². The number of nitro groups is 1. The van der Waals surface area contributed by atoms with Crippen LogP contribution in [-0.2, 0) is 9.59 Å². The van der Waals surface area contributed by atoms with Gasteiger partial charge in [0.1, 0.15) is 5.01 Å². The first kappa shape index (κ1) is 14.7. The molecule has 2 aromatic rings. The number of Topliss-reactive ketones (excluding diaryl/α,β-unsaturated/α-hetero) is 1. The molecule has 0 aliphatic heterocycles. The molecule has 0 unspecified atom stereocenters. The Morgan fingerprint density at radius 1 is 1.38 bits per heavy atom. The molecule has 0 atom stereocenters. The number of aromatic nitrogens is 2. The summed E-state index contributed by atoms with van der Waals surface area (Å²) in [4.78, 5) is 32.8. The normalized spacial score (nSPS) is 10.1. The molecule has 0 aliphatic rings. The van der Waals surface area contributed by atoms with Crippen LogP contribution in [0.1, 0.15) is 13.3 Å². The molecule has 0 saturated carbocycles. The highest BCUT2D eigenvalue weighted by atomic mass is 32.1. The monoisotopic (exact) mass is 306 g/mol. The van der Waals surface area contributed by atoms with Gasteiger partial charge in [-0.1, -0.05) is 30.4 Å². The van der Waals surface area contributed by atoms with Crippen LogP contribution in [0, 0.1) is 10.1 Å². The molecule has 1 heterocycles. The molecule has 8 nitrogen and oxygen atoms in total. The SMILES string of the molecule is CCC(=O)C(=O)Nc1nnc(-c2cccc([N+](=O)[O-])c2)s1. The third-order valence-corrected chi connectivity index (χ3v) is 3.41. The quantitative estimate of drug-likeness (QED) is 0.513. The summed E-state index contributed by atoms with van der Waals surface area (Å²) in [5.41, 5.74) is 0.457. The summed E-state index contributed by atoms with van der Waals surface area (Å²) in [6.45, 7) is 1.58. The van der Waals surface area contributed by atoms with E-state index in [-0.39, 0.29) is 17.2 Å². The summed E-state index contributed by atoms with van der Waals surface area (Å²) in [7, 11) is 0. The maximum atomic E-state index is 11.4. The Morgan fingerprint density at radius 2 is 2.14 bits per heavy atom. The number of anilines is 1. The number of hydrogen-bond acceptors (Lipinski definition) is 7. The Bertz CT molecular complexity index is 713. The largest absolute Gasteiger partial charge is 0.294 e. The summed E-state index contributed by atoms with van der Waals surface area (Å²) in [5, 5.41) is 21.2. The third kappa shape index (κ3) is 3.45. The summed E-state index contributed by atoms with van der Waals surface area (Å²) >= 11 is 1.03. The topological polar surface area (TPSA) is 115 Å². The fourth-order valence-electron chi connectivity index (χ4n) is 1.47. The number of ketones is 1. The highest BCUT2D eigenvalue weighted by Gasteiger charge is 2.15. The van der Waals surface area contributed by atoms with Gasteiger partial charge < -0.3 is 0 Å². The molecule has 21 heavy (non-hydrogen) atoms. The minimum Gasteiger partial charge on any atom is -0.294 e. The lowest BCUT2D eigenvalue weighted by Crippen LogP contribution is -2.21. The minimum absolute atomic E-state index is 0.0607. The molecule has 2 rings (SSSR count). The van der Waals surface area contributed by atoms with Crippen LogP contribution in [0.4, 0.5) is 10.8 Å². The Morgan fingerprint density at radius 3 is 2.81 bits per heavy atom. The van der Waals surface area contributed by atoms with Crippen molar-refractivity contribution in [2.24, 2.45) is 0 Å². The number of carbonyl (C=O) groups is 2. The van der Waals surface area contributed by atoms with Gasteiger partial charge in [0.25, 0.3) is 11.6 Å². The molecule has 0 bridgehead atoms. The van der Waals surface area contributed by atoms with E-state index < -0.39 is 16.6 Å². The fraction of sp³-hybridized carbons (Fsp3) is 0.167. The van der Waals surface area contributed by atoms with Gasteiger partial charge in [-0.15, -0.1) is 10.2 Å². The van der Waals surface area contributed by atoms with Crippen molar-refractivity contribution in [1.82, 2.24) is 10.2 Å². The number of amides is 1. The van der Waals surface area contributed by atoms with E-state index in [1.165, 1.54) is 18.2 Å². The van der Waals surface area contributed by atoms with E-state index >= 15 is 0 Å². The zero-order valence-electron chi connectivity index (χ0n) is 10.9. The second kappa shape index (κ2) is 6.18. The van der Waals surface area contributed by atoms with E-state index in [9.17, 15) is 19.7 Å². The Hall–Kier alpha value is -2.68. The number of nitro benzene ring substituents is 1. The van der Waals surface area contributed by atoms with Crippen LogP contribution in [0.25, 0.3) is 10.6 Å². The van der Waals surface area contributed by atoms with Crippen molar-refractivity contribution in [3.05, 3.63) is 34.4 Å². The van der Waals surface area contributed by atoms with Crippen LogP contribution >= 0.6 is 11.3 Å². The average molecular weight is 306 g/mol. The molecule has 1 N–H and O–H groups in total. The highest BCUT2D eigenvalue weighted by Crippen LogP contribution is 2.28. The molecule has 9 heteroatoms. The summed E-state index contributed by atoms with van der Waals surface area (Å²) in [6, 6.07) is 5.92. The average Bonchev–Trinajstić information content (AvgIpc) is 2.95. The van der Waals surface area contributed by atoms with Gasteiger partial charge in [0.15, 0.2) is 0 Å². The van der Waals surface area contributed by atoms with Crippen molar-refractivity contribution >= 4 is 33.8 Å². The van der Waals surface area contributed by atoms with Crippen molar-refractivity contribution < 1.29 is 14.5 Å². The highest BCUT2D eigenvalue weighted by molar-refractivity contribution is 7.18. The van der Waals surface area contributed by atoms with E-state index in [0.29, 0.717) is 10.6 Å². The second-order valence-corrected chi connectivity index (χ2v) is 4.93. The molecule has 1 aromatic carbocycles. The lowest BCUT2D eigenvalue weighted by atomic mass is 10.2. The van der Waals surface area contributed by atoms with E-state index in [4.69, 9.17) is 0 Å². The Labute approximate surface area is 123 Å². The van der Waals surface area contributed by atoms with Crippen molar-refractivity contribution in [3.8, 4) is 10.6 Å². The predicted octanol–water partition coefficient (Wildman–Crippen LogP) is 2.03. The van der Waals surface area contributed by atoms with E-state index in [1.807, 2.05) is 0 Å².